The van der Waals surface area contributed by atoms with Crippen LogP contribution in [0.1, 0.15) is 78.1 Å². The molecule has 0 aromatic rings. The Kier molecular flexibility index (Phi) is 13.6. The second-order valence-electron chi connectivity index (χ2n) is 11.3. The standard InChI is InChI=1S/C33H46O8/c1-23-11-8-13-26(12-7-5-6-10-24(2)17-31(34)37-3)41-33(36)22-30-19-25(20-32(35)38-4)18-29(40-30)21-28-15-9-14-27(16-23)39-28/h5-8,10-12,20,23,26-30H,9,13-19,21-22H2,1-4H3/b6-5-,11-8+,12-7+,24-10+,25-20-. The summed E-state index contributed by atoms with van der Waals surface area (Å²) in [5.41, 5.74) is 1.81. The number of ether oxygens (including phenoxy) is 5. The summed E-state index contributed by atoms with van der Waals surface area (Å²) in [5, 5.41) is 0. The van der Waals surface area contributed by atoms with Crippen molar-refractivity contribution in [2.24, 2.45) is 5.92 Å². The molecule has 8 heteroatoms. The normalized spacial score (nSPS) is 32.0. The first kappa shape index (κ1) is 32.5. The lowest BCUT2D eigenvalue weighted by Gasteiger charge is -2.37. The molecule has 2 saturated heterocycles. The SMILES string of the molecule is COC(=O)/C=C1\CC2CC(=O)OC(/C=C/C=C\C=C(/C)CC(=O)OC)C/C=C/C(C)CC3CCCC(CC(C1)O2)O3. The quantitative estimate of drug-likeness (QED) is 0.129. The number of hydrogen-bond acceptors (Lipinski definition) is 8. The fourth-order valence-corrected chi connectivity index (χ4v) is 5.60. The van der Waals surface area contributed by atoms with Crippen LogP contribution in [0.2, 0.25) is 0 Å². The molecule has 0 aromatic heterocycles. The van der Waals surface area contributed by atoms with Crippen LogP contribution < -0.4 is 0 Å². The summed E-state index contributed by atoms with van der Waals surface area (Å²) in [4.78, 5) is 36.4. The van der Waals surface area contributed by atoms with E-state index in [1.165, 1.54) is 20.3 Å². The van der Waals surface area contributed by atoms with E-state index in [-0.39, 0.29) is 49.2 Å². The molecule has 0 aliphatic carbocycles. The maximum Gasteiger partial charge on any atom is 0.330 e. The van der Waals surface area contributed by atoms with Gasteiger partial charge in [-0.3, -0.25) is 9.59 Å². The van der Waals surface area contributed by atoms with E-state index in [2.05, 4.69) is 19.1 Å². The van der Waals surface area contributed by atoms with Gasteiger partial charge in [-0.15, -0.1) is 0 Å². The summed E-state index contributed by atoms with van der Waals surface area (Å²) in [6, 6.07) is 0. The summed E-state index contributed by atoms with van der Waals surface area (Å²) in [6.07, 6.45) is 21.2. The number of allylic oxidation sites excluding steroid dienone is 5. The summed E-state index contributed by atoms with van der Waals surface area (Å²) < 4.78 is 28.3. The monoisotopic (exact) mass is 570 g/mol. The summed E-state index contributed by atoms with van der Waals surface area (Å²) >= 11 is 0. The van der Waals surface area contributed by atoms with E-state index in [0.717, 1.165) is 43.3 Å². The third-order valence-corrected chi connectivity index (χ3v) is 7.58. The number of carbonyl (C=O) groups excluding carboxylic acids is 3. The molecule has 2 fully saturated rings. The van der Waals surface area contributed by atoms with Crippen molar-refractivity contribution in [2.45, 2.75) is 109 Å². The lowest BCUT2D eigenvalue weighted by atomic mass is 9.90. The lowest BCUT2D eigenvalue weighted by molar-refractivity contribution is -0.153. The molecular formula is C33H46O8. The average Bonchev–Trinajstić information content (AvgIpc) is 2.92. The molecule has 0 radical (unpaired) electrons. The van der Waals surface area contributed by atoms with Gasteiger partial charge in [0.25, 0.3) is 0 Å². The number of carbonyl (C=O) groups is 3. The third kappa shape index (κ3) is 12.2. The van der Waals surface area contributed by atoms with Crippen molar-refractivity contribution in [3.05, 3.63) is 59.8 Å². The van der Waals surface area contributed by atoms with Gasteiger partial charge in [0, 0.05) is 18.9 Å². The molecule has 3 rings (SSSR count). The highest BCUT2D eigenvalue weighted by molar-refractivity contribution is 5.82. The number of cyclic esters (lactones) is 1. The van der Waals surface area contributed by atoms with Crippen molar-refractivity contribution in [3.63, 3.8) is 0 Å². The van der Waals surface area contributed by atoms with Gasteiger partial charge in [0.2, 0.25) is 0 Å². The van der Waals surface area contributed by atoms with Gasteiger partial charge in [-0.25, -0.2) is 4.79 Å². The maximum atomic E-state index is 13.1. The maximum absolute atomic E-state index is 13.1. The number of methoxy groups -OCH3 is 2. The van der Waals surface area contributed by atoms with E-state index < -0.39 is 12.1 Å². The fourth-order valence-electron chi connectivity index (χ4n) is 5.60. The highest BCUT2D eigenvalue weighted by Gasteiger charge is 2.33. The number of hydrogen-bond donors (Lipinski definition) is 0. The number of rotatable bonds is 6. The first-order valence-corrected chi connectivity index (χ1v) is 14.8. The Morgan fingerprint density at radius 3 is 2.44 bits per heavy atom. The molecule has 3 heterocycles. The number of fused-ring (bicyclic) bond motifs is 4. The van der Waals surface area contributed by atoms with Crippen LogP contribution in [-0.4, -0.2) is 62.6 Å². The Balaban J connectivity index is 1.75. The van der Waals surface area contributed by atoms with Gasteiger partial charge in [0.15, 0.2) is 0 Å². The smallest absolute Gasteiger partial charge is 0.330 e. The summed E-state index contributed by atoms with van der Waals surface area (Å²) in [5.74, 6) is -0.687. The van der Waals surface area contributed by atoms with Crippen molar-refractivity contribution in [1.82, 2.24) is 0 Å². The zero-order valence-electron chi connectivity index (χ0n) is 24.9. The van der Waals surface area contributed by atoms with Crippen molar-refractivity contribution >= 4 is 17.9 Å². The molecule has 0 saturated carbocycles. The van der Waals surface area contributed by atoms with Gasteiger partial charge in [0.1, 0.15) is 6.10 Å². The molecule has 4 bridgehead atoms. The van der Waals surface area contributed by atoms with E-state index in [4.69, 9.17) is 23.7 Å². The van der Waals surface area contributed by atoms with Crippen molar-refractivity contribution in [3.8, 4) is 0 Å². The second-order valence-corrected chi connectivity index (χ2v) is 11.3. The molecule has 6 atom stereocenters. The molecule has 0 N–H and O–H groups in total. The summed E-state index contributed by atoms with van der Waals surface area (Å²) in [6.45, 7) is 4.05. The van der Waals surface area contributed by atoms with E-state index in [9.17, 15) is 14.4 Å². The highest BCUT2D eigenvalue weighted by Crippen LogP contribution is 2.33. The zero-order chi connectivity index (χ0) is 29.6. The molecule has 6 unspecified atom stereocenters. The molecule has 3 aliphatic rings. The lowest BCUT2D eigenvalue weighted by Crippen LogP contribution is -2.37. The van der Waals surface area contributed by atoms with Crippen LogP contribution in [0.25, 0.3) is 0 Å². The average molecular weight is 571 g/mol. The van der Waals surface area contributed by atoms with Gasteiger partial charge in [0.05, 0.1) is 51.5 Å². The molecule has 3 aliphatic heterocycles. The molecule has 0 aromatic carbocycles. The van der Waals surface area contributed by atoms with Crippen molar-refractivity contribution in [2.75, 3.05) is 14.2 Å². The fraction of sp³-hybridized carbons (Fsp3) is 0.606. The van der Waals surface area contributed by atoms with Crippen LogP contribution in [0, 0.1) is 5.92 Å². The molecular weight excluding hydrogens is 524 g/mol. The van der Waals surface area contributed by atoms with Crippen LogP contribution in [0.15, 0.2) is 59.8 Å². The minimum absolute atomic E-state index is 0.0961. The predicted octanol–water partition coefficient (Wildman–Crippen LogP) is 5.87. The predicted molar refractivity (Wildman–Crippen MR) is 156 cm³/mol. The Bertz CT molecular complexity index is 1040. The van der Waals surface area contributed by atoms with Crippen LogP contribution in [0.4, 0.5) is 0 Å². The first-order chi connectivity index (χ1) is 19.7. The highest BCUT2D eigenvalue weighted by atomic mass is 16.6. The topological polar surface area (TPSA) is 97.4 Å². The van der Waals surface area contributed by atoms with E-state index in [0.29, 0.717) is 25.2 Å². The molecule has 0 amide bonds. The Labute approximate surface area is 244 Å². The first-order valence-electron chi connectivity index (χ1n) is 14.8. The molecule has 226 valence electrons. The summed E-state index contributed by atoms with van der Waals surface area (Å²) in [7, 11) is 2.73. The molecule has 8 nitrogen and oxygen atoms in total. The minimum atomic E-state index is -0.441. The van der Waals surface area contributed by atoms with E-state index in [1.54, 1.807) is 0 Å². The van der Waals surface area contributed by atoms with Crippen LogP contribution in [-0.2, 0) is 38.1 Å². The Morgan fingerprint density at radius 1 is 0.951 bits per heavy atom. The van der Waals surface area contributed by atoms with Crippen LogP contribution >= 0.6 is 0 Å². The number of esters is 3. The van der Waals surface area contributed by atoms with Gasteiger partial charge < -0.3 is 23.7 Å². The van der Waals surface area contributed by atoms with Gasteiger partial charge in [-0.1, -0.05) is 54.5 Å². The second kappa shape index (κ2) is 17.1. The Hall–Kier alpha value is -2.97. The van der Waals surface area contributed by atoms with E-state index >= 15 is 0 Å². The largest absolute Gasteiger partial charge is 0.469 e. The van der Waals surface area contributed by atoms with Crippen molar-refractivity contribution < 1.29 is 38.1 Å². The molecule has 41 heavy (non-hydrogen) atoms. The van der Waals surface area contributed by atoms with Gasteiger partial charge in [-0.2, -0.15) is 0 Å². The van der Waals surface area contributed by atoms with Crippen LogP contribution in [0.3, 0.4) is 0 Å². The zero-order valence-corrected chi connectivity index (χ0v) is 24.9. The van der Waals surface area contributed by atoms with Crippen LogP contribution in [0.5, 0.6) is 0 Å². The third-order valence-electron chi connectivity index (χ3n) is 7.58. The van der Waals surface area contributed by atoms with Gasteiger partial charge in [-0.05, 0) is 57.4 Å². The van der Waals surface area contributed by atoms with E-state index in [1.807, 2.05) is 37.3 Å². The minimum Gasteiger partial charge on any atom is -0.469 e. The Morgan fingerprint density at radius 2 is 1.68 bits per heavy atom. The van der Waals surface area contributed by atoms with Crippen molar-refractivity contribution in [1.29, 1.82) is 0 Å². The molecule has 0 spiro atoms. The van der Waals surface area contributed by atoms with Gasteiger partial charge >= 0.3 is 17.9 Å².